The summed E-state index contributed by atoms with van der Waals surface area (Å²) < 4.78 is 37.9. The molecule has 0 radical (unpaired) electrons. The molecule has 0 saturated heterocycles. The lowest BCUT2D eigenvalue weighted by molar-refractivity contribution is 0.0982. The second-order valence-corrected chi connectivity index (χ2v) is 6.47. The first-order chi connectivity index (χ1) is 13.4. The number of carbonyl (C=O) groups excluding carboxylic acids is 1. The fraction of sp³-hybridized carbons (Fsp3) is 0.167. The van der Waals surface area contributed by atoms with Crippen LogP contribution in [0.1, 0.15) is 21.5 Å². The molecule has 2 aromatic heterocycles. The molecule has 1 amide bonds. The highest BCUT2D eigenvalue weighted by atomic mass is 32.1. The predicted molar refractivity (Wildman–Crippen MR) is 97.2 cm³/mol. The third kappa shape index (κ3) is 4.07. The monoisotopic (exact) mass is 407 g/mol. The van der Waals surface area contributed by atoms with Crippen molar-refractivity contribution in [2.45, 2.75) is 6.10 Å². The van der Waals surface area contributed by atoms with E-state index in [0.717, 1.165) is 12.1 Å². The summed E-state index contributed by atoms with van der Waals surface area (Å²) in [6.07, 6.45) is 0.375. The van der Waals surface area contributed by atoms with Gasteiger partial charge in [-0.25, -0.2) is 13.8 Å². The summed E-state index contributed by atoms with van der Waals surface area (Å²) in [4.78, 5) is 19.6. The number of methoxy groups -OCH3 is 1. The van der Waals surface area contributed by atoms with Gasteiger partial charge in [-0.1, -0.05) is 0 Å². The number of aliphatic hydroxyl groups excluding tert-OH is 1. The molecule has 3 rings (SSSR count). The summed E-state index contributed by atoms with van der Waals surface area (Å²) in [6, 6.07) is 5.33. The summed E-state index contributed by atoms with van der Waals surface area (Å²) in [5.74, 6) is -3.36. The third-order valence-corrected chi connectivity index (χ3v) is 4.69. The normalized spacial score (nSPS) is 11.9. The maximum Gasteiger partial charge on any atom is 0.254 e. The lowest BCUT2D eigenvalue weighted by atomic mass is 10.1. The Hall–Kier alpha value is -3.11. The Morgan fingerprint density at radius 2 is 2.07 bits per heavy atom. The predicted octanol–water partition coefficient (Wildman–Crippen LogP) is 2.70. The van der Waals surface area contributed by atoms with Crippen LogP contribution in [0.25, 0.3) is 11.4 Å². The number of halogens is 2. The van der Waals surface area contributed by atoms with Crippen molar-refractivity contribution in [2.75, 3.05) is 13.7 Å². The van der Waals surface area contributed by atoms with Crippen molar-refractivity contribution in [2.24, 2.45) is 5.73 Å². The minimum Gasteiger partial charge on any atom is -0.495 e. The Bertz CT molecular complexity index is 995. The van der Waals surface area contributed by atoms with Crippen LogP contribution in [0, 0.1) is 11.6 Å². The van der Waals surface area contributed by atoms with Crippen LogP contribution >= 0.6 is 11.3 Å². The Kier molecular flexibility index (Phi) is 5.81. The van der Waals surface area contributed by atoms with E-state index in [0.29, 0.717) is 22.1 Å². The molecule has 0 aliphatic carbocycles. The number of nitrogens with zero attached hydrogens (tertiary/aromatic N) is 2. The van der Waals surface area contributed by atoms with Gasteiger partial charge in [0.15, 0.2) is 11.6 Å². The van der Waals surface area contributed by atoms with Gasteiger partial charge in [0, 0.05) is 5.38 Å². The van der Waals surface area contributed by atoms with Crippen LogP contribution in [0.4, 0.5) is 8.78 Å². The molecule has 0 aliphatic rings. The summed E-state index contributed by atoms with van der Waals surface area (Å²) in [6.45, 7) is -0.357. The molecule has 2 heterocycles. The number of nitrogens with two attached hydrogens (primary N) is 1. The lowest BCUT2D eigenvalue weighted by Crippen LogP contribution is -2.17. The van der Waals surface area contributed by atoms with E-state index in [2.05, 4.69) is 9.97 Å². The van der Waals surface area contributed by atoms with Gasteiger partial charge in [0.1, 0.15) is 34.8 Å². The first-order valence-electron chi connectivity index (χ1n) is 7.95. The molecule has 28 heavy (non-hydrogen) atoms. The number of aromatic nitrogens is 2. The average molecular weight is 407 g/mol. The van der Waals surface area contributed by atoms with E-state index in [-0.39, 0.29) is 6.61 Å². The van der Waals surface area contributed by atoms with Gasteiger partial charge in [-0.15, -0.1) is 11.3 Å². The number of hydrogen-bond acceptors (Lipinski definition) is 7. The molecule has 0 aliphatic heterocycles. The zero-order chi connectivity index (χ0) is 20.3. The Morgan fingerprint density at radius 3 is 2.71 bits per heavy atom. The smallest absolute Gasteiger partial charge is 0.254 e. The number of primary amides is 1. The maximum absolute atomic E-state index is 14.1. The number of pyridine rings is 1. The molecule has 1 atom stereocenters. The number of amides is 1. The SMILES string of the molecule is COc1ccc(-c2csc(C(O)COc3ccc(F)c(C(N)=O)c3F)n2)nc1. The van der Waals surface area contributed by atoms with Crippen molar-refractivity contribution in [3.05, 3.63) is 58.0 Å². The first-order valence-corrected chi connectivity index (χ1v) is 8.83. The summed E-state index contributed by atoms with van der Waals surface area (Å²) >= 11 is 1.17. The van der Waals surface area contributed by atoms with E-state index in [1.807, 2.05) is 0 Å². The molecule has 10 heteroatoms. The fourth-order valence-electron chi connectivity index (χ4n) is 2.32. The van der Waals surface area contributed by atoms with Crippen LogP contribution in [0.3, 0.4) is 0 Å². The first kappa shape index (κ1) is 19.6. The minimum absolute atomic E-state index is 0.324. The molecule has 1 aromatic carbocycles. The van der Waals surface area contributed by atoms with Gasteiger partial charge in [-0.2, -0.15) is 0 Å². The van der Waals surface area contributed by atoms with Crippen molar-refractivity contribution >= 4 is 17.2 Å². The largest absolute Gasteiger partial charge is 0.495 e. The third-order valence-electron chi connectivity index (χ3n) is 3.74. The summed E-state index contributed by atoms with van der Waals surface area (Å²) in [5, 5.41) is 12.3. The van der Waals surface area contributed by atoms with Gasteiger partial charge in [-0.3, -0.25) is 9.78 Å². The number of benzene rings is 1. The Balaban J connectivity index is 1.71. The van der Waals surface area contributed by atoms with Crippen molar-refractivity contribution in [3.63, 3.8) is 0 Å². The van der Waals surface area contributed by atoms with Crippen LogP contribution in [-0.4, -0.2) is 34.7 Å². The molecule has 7 nitrogen and oxygen atoms in total. The molecular formula is C18H15F2N3O4S. The molecule has 0 saturated carbocycles. The van der Waals surface area contributed by atoms with Crippen molar-refractivity contribution in [3.8, 4) is 22.9 Å². The van der Waals surface area contributed by atoms with E-state index in [1.54, 1.807) is 23.7 Å². The highest BCUT2D eigenvalue weighted by Crippen LogP contribution is 2.27. The molecule has 0 fully saturated rings. The standard InChI is InChI=1S/C18H15F2N3O4S/c1-26-9-2-4-11(22-6-9)12-8-28-18(23-12)13(24)7-27-14-5-3-10(19)15(16(14)20)17(21)25/h2-6,8,13,24H,7H2,1H3,(H2,21,25). The van der Waals surface area contributed by atoms with E-state index in [4.69, 9.17) is 15.2 Å². The summed E-state index contributed by atoms with van der Waals surface area (Å²) in [7, 11) is 1.53. The van der Waals surface area contributed by atoms with Gasteiger partial charge < -0.3 is 20.3 Å². The van der Waals surface area contributed by atoms with Gasteiger partial charge in [-0.05, 0) is 24.3 Å². The van der Waals surface area contributed by atoms with Crippen LogP contribution < -0.4 is 15.2 Å². The highest BCUT2D eigenvalue weighted by Gasteiger charge is 2.21. The van der Waals surface area contributed by atoms with E-state index >= 15 is 0 Å². The second-order valence-electron chi connectivity index (χ2n) is 5.58. The number of ether oxygens (including phenoxy) is 2. The molecule has 1 unspecified atom stereocenters. The number of thiazole rings is 1. The average Bonchev–Trinajstić information content (AvgIpc) is 3.17. The second kappa shape index (κ2) is 8.28. The van der Waals surface area contributed by atoms with Crippen LogP contribution in [0.2, 0.25) is 0 Å². The number of carbonyl (C=O) groups is 1. The minimum atomic E-state index is -1.25. The van der Waals surface area contributed by atoms with E-state index in [9.17, 15) is 18.7 Å². The van der Waals surface area contributed by atoms with Gasteiger partial charge in [0.05, 0.1) is 24.7 Å². The van der Waals surface area contributed by atoms with Crippen molar-refractivity contribution in [1.82, 2.24) is 9.97 Å². The molecular weight excluding hydrogens is 392 g/mol. The molecule has 146 valence electrons. The number of hydrogen-bond donors (Lipinski definition) is 2. The van der Waals surface area contributed by atoms with Gasteiger partial charge in [0.2, 0.25) is 0 Å². The molecule has 3 N–H and O–H groups in total. The number of rotatable bonds is 7. The molecule has 0 bridgehead atoms. The highest BCUT2D eigenvalue weighted by molar-refractivity contribution is 7.10. The molecule has 3 aromatic rings. The Morgan fingerprint density at radius 1 is 1.29 bits per heavy atom. The maximum atomic E-state index is 14.1. The van der Waals surface area contributed by atoms with Gasteiger partial charge >= 0.3 is 0 Å². The van der Waals surface area contributed by atoms with Crippen LogP contribution in [0.15, 0.2) is 35.8 Å². The van der Waals surface area contributed by atoms with Crippen LogP contribution in [0.5, 0.6) is 11.5 Å². The zero-order valence-electron chi connectivity index (χ0n) is 14.6. The quantitative estimate of drug-likeness (QED) is 0.624. The fourth-order valence-corrected chi connectivity index (χ4v) is 3.10. The molecule has 0 spiro atoms. The van der Waals surface area contributed by atoms with E-state index < -0.39 is 35.0 Å². The Labute approximate surface area is 162 Å². The number of aliphatic hydroxyl groups is 1. The van der Waals surface area contributed by atoms with Crippen molar-refractivity contribution in [1.29, 1.82) is 0 Å². The lowest BCUT2D eigenvalue weighted by Gasteiger charge is -2.12. The topological polar surface area (TPSA) is 108 Å². The van der Waals surface area contributed by atoms with Gasteiger partial charge in [0.25, 0.3) is 5.91 Å². The zero-order valence-corrected chi connectivity index (χ0v) is 15.4. The van der Waals surface area contributed by atoms with E-state index in [1.165, 1.54) is 18.4 Å². The van der Waals surface area contributed by atoms with Crippen molar-refractivity contribution < 1.29 is 28.2 Å². The summed E-state index contributed by atoms with van der Waals surface area (Å²) in [5.41, 5.74) is 5.20. The van der Waals surface area contributed by atoms with Crippen LogP contribution in [-0.2, 0) is 0 Å².